The first-order valence-corrected chi connectivity index (χ1v) is 10.1. The predicted molar refractivity (Wildman–Crippen MR) is 105 cm³/mol. The number of hydrogen-bond acceptors (Lipinski definition) is 3. The lowest BCUT2D eigenvalue weighted by Crippen LogP contribution is -2.49. The zero-order valence-electron chi connectivity index (χ0n) is 15.4. The van der Waals surface area contributed by atoms with Gasteiger partial charge in [0, 0.05) is 25.0 Å². The fourth-order valence-electron chi connectivity index (χ4n) is 4.32. The Morgan fingerprint density at radius 1 is 1.15 bits per heavy atom. The number of pyridine rings is 1. The van der Waals surface area contributed by atoms with Gasteiger partial charge in [-0.1, -0.05) is 36.2 Å². The van der Waals surface area contributed by atoms with Crippen LogP contribution in [-0.2, 0) is 11.3 Å². The van der Waals surface area contributed by atoms with Crippen LogP contribution >= 0.6 is 11.6 Å². The second-order valence-electron chi connectivity index (χ2n) is 7.53. The van der Waals surface area contributed by atoms with Gasteiger partial charge in [-0.3, -0.25) is 9.69 Å². The number of amides is 1. The molecule has 138 valence electrons. The minimum Gasteiger partial charge on any atom is -0.341 e. The van der Waals surface area contributed by atoms with Gasteiger partial charge in [-0.05, 0) is 50.8 Å². The molecule has 1 unspecified atom stereocenters. The standard InChI is InChI=1S/C21H26ClN3O/c1-15-16-8-2-3-9-17(16)23-18(20(15)22)14-25-13-5-4-10-19(25)21(26)24-11-6-7-12-24/h2-3,8-9,19H,4-7,10-14H2,1H3. The van der Waals surface area contributed by atoms with Gasteiger partial charge in [-0.25, -0.2) is 4.98 Å². The third kappa shape index (κ3) is 3.33. The largest absolute Gasteiger partial charge is 0.341 e. The molecule has 1 aromatic heterocycles. The van der Waals surface area contributed by atoms with Crippen LogP contribution in [0.4, 0.5) is 0 Å². The summed E-state index contributed by atoms with van der Waals surface area (Å²) in [5.74, 6) is 0.302. The van der Waals surface area contributed by atoms with Crippen LogP contribution in [0.15, 0.2) is 24.3 Å². The molecule has 2 aliphatic rings. The molecule has 4 rings (SSSR count). The summed E-state index contributed by atoms with van der Waals surface area (Å²) < 4.78 is 0. The van der Waals surface area contributed by atoms with Crippen LogP contribution in [0.3, 0.4) is 0 Å². The van der Waals surface area contributed by atoms with E-state index in [4.69, 9.17) is 16.6 Å². The van der Waals surface area contributed by atoms with E-state index in [1.165, 1.54) is 0 Å². The highest BCUT2D eigenvalue weighted by Crippen LogP contribution is 2.30. The average molecular weight is 372 g/mol. The van der Waals surface area contributed by atoms with E-state index >= 15 is 0 Å². The summed E-state index contributed by atoms with van der Waals surface area (Å²) in [6, 6.07) is 8.10. The van der Waals surface area contributed by atoms with E-state index in [0.717, 1.165) is 78.9 Å². The second kappa shape index (κ2) is 7.53. The molecule has 5 heteroatoms. The van der Waals surface area contributed by atoms with Gasteiger partial charge in [0.15, 0.2) is 0 Å². The number of carbonyl (C=O) groups excluding carboxylic acids is 1. The number of likely N-dealkylation sites (tertiary alicyclic amines) is 2. The number of carbonyl (C=O) groups is 1. The van der Waals surface area contributed by atoms with Crippen LogP contribution in [-0.4, -0.2) is 46.4 Å². The highest BCUT2D eigenvalue weighted by Gasteiger charge is 2.33. The molecule has 1 atom stereocenters. The smallest absolute Gasteiger partial charge is 0.239 e. The molecule has 0 aliphatic carbocycles. The Kier molecular flexibility index (Phi) is 5.14. The van der Waals surface area contributed by atoms with Crippen LogP contribution < -0.4 is 0 Å². The minimum absolute atomic E-state index is 0.0218. The molecule has 2 fully saturated rings. The number of aromatic nitrogens is 1. The Morgan fingerprint density at radius 2 is 1.88 bits per heavy atom. The predicted octanol–water partition coefficient (Wildman–Crippen LogP) is 4.17. The van der Waals surface area contributed by atoms with Crippen LogP contribution in [0.2, 0.25) is 5.02 Å². The average Bonchev–Trinajstić information content (AvgIpc) is 3.20. The summed E-state index contributed by atoms with van der Waals surface area (Å²) in [5, 5.41) is 1.84. The van der Waals surface area contributed by atoms with Crippen molar-refractivity contribution in [3.8, 4) is 0 Å². The number of aryl methyl sites for hydroxylation is 1. The molecule has 3 heterocycles. The van der Waals surface area contributed by atoms with E-state index < -0.39 is 0 Å². The van der Waals surface area contributed by atoms with E-state index in [9.17, 15) is 4.79 Å². The van der Waals surface area contributed by atoms with Crippen molar-refractivity contribution in [3.63, 3.8) is 0 Å². The van der Waals surface area contributed by atoms with E-state index in [2.05, 4.69) is 17.9 Å². The van der Waals surface area contributed by atoms with Crippen molar-refractivity contribution in [2.24, 2.45) is 0 Å². The molecule has 0 saturated carbocycles. The highest BCUT2D eigenvalue weighted by atomic mass is 35.5. The normalized spacial score (nSPS) is 21.5. The number of piperidine rings is 1. The lowest BCUT2D eigenvalue weighted by Gasteiger charge is -2.36. The first-order valence-electron chi connectivity index (χ1n) is 9.71. The maximum atomic E-state index is 13.0. The Morgan fingerprint density at radius 3 is 2.69 bits per heavy atom. The first kappa shape index (κ1) is 17.7. The summed E-state index contributed by atoms with van der Waals surface area (Å²) in [6.07, 6.45) is 5.47. The van der Waals surface area contributed by atoms with Gasteiger partial charge >= 0.3 is 0 Å². The Hall–Kier alpha value is -1.65. The maximum absolute atomic E-state index is 13.0. The molecule has 0 N–H and O–H groups in total. The highest BCUT2D eigenvalue weighted by molar-refractivity contribution is 6.32. The summed E-state index contributed by atoms with van der Waals surface area (Å²) >= 11 is 6.66. The summed E-state index contributed by atoms with van der Waals surface area (Å²) in [7, 11) is 0. The minimum atomic E-state index is -0.0218. The van der Waals surface area contributed by atoms with E-state index in [1.807, 2.05) is 23.1 Å². The lowest BCUT2D eigenvalue weighted by molar-refractivity contribution is -0.137. The summed E-state index contributed by atoms with van der Waals surface area (Å²) in [5.41, 5.74) is 2.94. The van der Waals surface area contributed by atoms with E-state index in [-0.39, 0.29) is 6.04 Å². The molecular weight excluding hydrogens is 346 g/mol. The third-order valence-corrected chi connectivity index (χ3v) is 6.32. The molecule has 0 spiro atoms. The van der Waals surface area contributed by atoms with Crippen molar-refractivity contribution in [2.45, 2.75) is 51.6 Å². The van der Waals surface area contributed by atoms with Crippen molar-refractivity contribution in [1.29, 1.82) is 0 Å². The summed E-state index contributed by atoms with van der Waals surface area (Å²) in [6.45, 7) is 5.47. The number of nitrogens with zero attached hydrogens (tertiary/aromatic N) is 3. The zero-order valence-corrected chi connectivity index (χ0v) is 16.1. The van der Waals surface area contributed by atoms with Gasteiger partial charge in [-0.15, -0.1) is 0 Å². The zero-order chi connectivity index (χ0) is 18.1. The van der Waals surface area contributed by atoms with Crippen LogP contribution in [0.1, 0.15) is 43.4 Å². The second-order valence-corrected chi connectivity index (χ2v) is 7.91. The monoisotopic (exact) mass is 371 g/mol. The molecule has 4 nitrogen and oxygen atoms in total. The van der Waals surface area contributed by atoms with Gasteiger partial charge in [0.25, 0.3) is 0 Å². The fourth-order valence-corrected chi connectivity index (χ4v) is 4.53. The number of rotatable bonds is 3. The van der Waals surface area contributed by atoms with Crippen molar-refractivity contribution in [1.82, 2.24) is 14.8 Å². The fraction of sp³-hybridized carbons (Fsp3) is 0.524. The van der Waals surface area contributed by atoms with Gasteiger partial charge < -0.3 is 4.90 Å². The summed E-state index contributed by atoms with van der Waals surface area (Å²) in [4.78, 5) is 22.2. The maximum Gasteiger partial charge on any atom is 0.239 e. The number of fused-ring (bicyclic) bond motifs is 1. The molecule has 1 aromatic carbocycles. The van der Waals surface area contributed by atoms with Gasteiger partial charge in [-0.2, -0.15) is 0 Å². The molecule has 1 amide bonds. The number of halogens is 1. The van der Waals surface area contributed by atoms with Crippen LogP contribution in [0.25, 0.3) is 10.9 Å². The van der Waals surface area contributed by atoms with Crippen molar-refractivity contribution in [2.75, 3.05) is 19.6 Å². The Balaban J connectivity index is 1.61. The van der Waals surface area contributed by atoms with Crippen LogP contribution in [0, 0.1) is 6.92 Å². The molecule has 0 radical (unpaired) electrons. The van der Waals surface area contributed by atoms with Crippen molar-refractivity contribution >= 4 is 28.4 Å². The van der Waals surface area contributed by atoms with Crippen LogP contribution in [0.5, 0.6) is 0 Å². The Labute approximate surface area is 160 Å². The molecule has 26 heavy (non-hydrogen) atoms. The number of hydrogen-bond donors (Lipinski definition) is 0. The lowest BCUT2D eigenvalue weighted by atomic mass is 10.00. The van der Waals surface area contributed by atoms with Crippen molar-refractivity contribution in [3.05, 3.63) is 40.5 Å². The van der Waals surface area contributed by atoms with Crippen molar-refractivity contribution < 1.29 is 4.79 Å². The molecule has 2 saturated heterocycles. The molecular formula is C21H26ClN3O. The van der Waals surface area contributed by atoms with Gasteiger partial charge in [0.05, 0.1) is 22.3 Å². The quantitative estimate of drug-likeness (QED) is 0.812. The van der Waals surface area contributed by atoms with E-state index in [1.54, 1.807) is 0 Å². The molecule has 2 aromatic rings. The SMILES string of the molecule is Cc1c(Cl)c(CN2CCCCC2C(=O)N2CCCC2)nc2ccccc12. The van der Waals surface area contributed by atoms with E-state index in [0.29, 0.717) is 12.5 Å². The molecule has 2 aliphatic heterocycles. The molecule has 0 bridgehead atoms. The third-order valence-electron chi connectivity index (χ3n) is 5.82. The van der Waals surface area contributed by atoms with Gasteiger partial charge in [0.1, 0.15) is 0 Å². The topological polar surface area (TPSA) is 36.4 Å². The number of benzene rings is 1. The van der Waals surface area contributed by atoms with Gasteiger partial charge in [0.2, 0.25) is 5.91 Å². The Bertz CT molecular complexity index is 816. The number of para-hydroxylation sites is 1. The first-order chi connectivity index (χ1) is 12.6.